The Kier molecular flexibility index (Phi) is 14.5. The third-order valence-electron chi connectivity index (χ3n) is 5.31. The van der Waals surface area contributed by atoms with E-state index in [1.165, 1.54) is 36.2 Å². The van der Waals surface area contributed by atoms with E-state index in [4.69, 9.17) is 0 Å². The first-order valence-electron chi connectivity index (χ1n) is 11.6. The summed E-state index contributed by atoms with van der Waals surface area (Å²) in [5.41, 5.74) is 4.32. The Bertz CT molecular complexity index is 757. The number of rotatable bonds is 7. The molecule has 0 saturated heterocycles. The standard InChI is InChI=1S/C22H29N.C6H6.C2H6/c1-4-5-7-10-19(2)22-14-17-23(18-15-22)16-13-20(3)21-11-8-6-9-12-21;1-2-4-6-5-3-1;1-2/h4-12,14,20H,1,13,15-18H2,2-3H3;1-6H;1-2H3/b7-5-,19-10+;;. The fourth-order valence-corrected chi connectivity index (χ4v) is 3.37. The van der Waals surface area contributed by atoms with Crippen molar-refractivity contribution < 1.29 is 0 Å². The average Bonchev–Trinajstić information content (AvgIpc) is 2.86. The number of allylic oxidation sites excluding steroid dienone is 5. The molecular weight excluding hydrogens is 374 g/mol. The van der Waals surface area contributed by atoms with Crippen molar-refractivity contribution in [1.29, 1.82) is 0 Å². The summed E-state index contributed by atoms with van der Waals surface area (Å²) in [6, 6.07) is 22.8. The van der Waals surface area contributed by atoms with Gasteiger partial charge in [0.05, 0.1) is 0 Å². The molecule has 0 N–H and O–H groups in total. The second-order valence-electron chi connectivity index (χ2n) is 7.51. The van der Waals surface area contributed by atoms with Crippen LogP contribution in [0.1, 0.15) is 52.0 Å². The third kappa shape index (κ3) is 11.4. The van der Waals surface area contributed by atoms with E-state index in [9.17, 15) is 0 Å². The predicted octanol–water partition coefficient (Wildman–Crippen LogP) is 8.21. The normalized spacial score (nSPS) is 15.1. The van der Waals surface area contributed by atoms with Crippen molar-refractivity contribution in [1.82, 2.24) is 4.90 Å². The Morgan fingerprint density at radius 1 is 0.968 bits per heavy atom. The van der Waals surface area contributed by atoms with Gasteiger partial charge in [-0.25, -0.2) is 0 Å². The minimum atomic E-state index is 0.632. The van der Waals surface area contributed by atoms with E-state index in [0.717, 1.165) is 13.0 Å². The van der Waals surface area contributed by atoms with Gasteiger partial charge < -0.3 is 0 Å². The van der Waals surface area contributed by atoms with Gasteiger partial charge >= 0.3 is 0 Å². The van der Waals surface area contributed by atoms with Gasteiger partial charge in [0, 0.05) is 13.1 Å². The van der Waals surface area contributed by atoms with Gasteiger partial charge in [-0.1, -0.05) is 124 Å². The van der Waals surface area contributed by atoms with Gasteiger partial charge in [-0.05, 0) is 48.9 Å². The SMILES string of the molecule is C=C/C=C\C=C(/C)C1=CCN(CCC(C)c2ccccc2)CC1.CC.c1ccccc1. The van der Waals surface area contributed by atoms with E-state index in [1.54, 1.807) is 0 Å². The van der Waals surface area contributed by atoms with Crippen molar-refractivity contribution >= 4 is 0 Å². The van der Waals surface area contributed by atoms with E-state index in [-0.39, 0.29) is 0 Å². The minimum Gasteiger partial charge on any atom is -0.299 e. The molecule has 0 aromatic heterocycles. The van der Waals surface area contributed by atoms with Gasteiger partial charge in [-0.15, -0.1) is 0 Å². The highest BCUT2D eigenvalue weighted by Gasteiger charge is 2.14. The monoisotopic (exact) mass is 415 g/mol. The second kappa shape index (κ2) is 17.1. The van der Waals surface area contributed by atoms with Crippen LogP contribution in [0.4, 0.5) is 0 Å². The number of hydrogen-bond acceptors (Lipinski definition) is 1. The Morgan fingerprint density at radius 2 is 1.55 bits per heavy atom. The minimum absolute atomic E-state index is 0.632. The lowest BCUT2D eigenvalue weighted by molar-refractivity contribution is 0.284. The highest BCUT2D eigenvalue weighted by molar-refractivity contribution is 5.34. The van der Waals surface area contributed by atoms with Crippen LogP contribution in [0.15, 0.2) is 115 Å². The highest BCUT2D eigenvalue weighted by atomic mass is 15.1. The first-order valence-corrected chi connectivity index (χ1v) is 11.6. The van der Waals surface area contributed by atoms with Gasteiger partial charge in [0.25, 0.3) is 0 Å². The molecule has 0 bridgehead atoms. The Balaban J connectivity index is 0.000000508. The van der Waals surface area contributed by atoms with Crippen LogP contribution in [0.5, 0.6) is 0 Å². The first kappa shape index (κ1) is 26.4. The first-order chi connectivity index (χ1) is 15.2. The van der Waals surface area contributed by atoms with Crippen LogP contribution < -0.4 is 0 Å². The van der Waals surface area contributed by atoms with E-state index >= 15 is 0 Å². The molecule has 2 aromatic rings. The van der Waals surface area contributed by atoms with Crippen molar-refractivity contribution in [3.8, 4) is 0 Å². The fraction of sp³-hybridized carbons (Fsp3) is 0.333. The molecule has 0 fully saturated rings. The van der Waals surface area contributed by atoms with Crippen molar-refractivity contribution in [2.75, 3.05) is 19.6 Å². The van der Waals surface area contributed by atoms with E-state index in [1.807, 2.05) is 62.4 Å². The molecule has 1 heterocycles. The summed E-state index contributed by atoms with van der Waals surface area (Å²) in [5.74, 6) is 0.632. The van der Waals surface area contributed by atoms with Gasteiger partial charge in [0.15, 0.2) is 0 Å². The Morgan fingerprint density at radius 3 is 2.06 bits per heavy atom. The molecule has 0 saturated carbocycles. The highest BCUT2D eigenvalue weighted by Crippen LogP contribution is 2.22. The second-order valence-corrected chi connectivity index (χ2v) is 7.51. The Hall–Kier alpha value is -2.64. The third-order valence-corrected chi connectivity index (χ3v) is 5.31. The fourth-order valence-electron chi connectivity index (χ4n) is 3.37. The summed E-state index contributed by atoms with van der Waals surface area (Å²) in [6.45, 7) is 15.7. The van der Waals surface area contributed by atoms with E-state index < -0.39 is 0 Å². The lowest BCUT2D eigenvalue weighted by Crippen LogP contribution is -2.30. The van der Waals surface area contributed by atoms with Crippen molar-refractivity contribution in [3.63, 3.8) is 0 Å². The zero-order valence-electron chi connectivity index (χ0n) is 20.0. The zero-order valence-corrected chi connectivity index (χ0v) is 20.0. The van der Waals surface area contributed by atoms with Gasteiger partial charge in [-0.2, -0.15) is 0 Å². The molecule has 0 amide bonds. The van der Waals surface area contributed by atoms with Crippen LogP contribution in [0.2, 0.25) is 0 Å². The van der Waals surface area contributed by atoms with Crippen molar-refractivity contribution in [2.45, 2.75) is 46.5 Å². The largest absolute Gasteiger partial charge is 0.299 e. The van der Waals surface area contributed by atoms with E-state index in [0.29, 0.717) is 5.92 Å². The van der Waals surface area contributed by atoms with Gasteiger partial charge in [0.1, 0.15) is 0 Å². The summed E-state index contributed by atoms with van der Waals surface area (Å²) >= 11 is 0. The van der Waals surface area contributed by atoms with Gasteiger partial charge in [-0.3, -0.25) is 4.90 Å². The molecular formula is C30H41N. The zero-order chi connectivity index (χ0) is 22.7. The predicted molar refractivity (Wildman–Crippen MR) is 139 cm³/mol. The number of benzene rings is 2. The summed E-state index contributed by atoms with van der Waals surface area (Å²) < 4.78 is 0. The average molecular weight is 416 g/mol. The maximum atomic E-state index is 3.70. The molecule has 1 atom stereocenters. The van der Waals surface area contributed by atoms with Crippen LogP contribution in [0.3, 0.4) is 0 Å². The van der Waals surface area contributed by atoms with Crippen LogP contribution in [-0.2, 0) is 0 Å². The summed E-state index contributed by atoms with van der Waals surface area (Å²) in [5, 5.41) is 0. The van der Waals surface area contributed by atoms with Crippen molar-refractivity contribution in [3.05, 3.63) is 120 Å². The van der Waals surface area contributed by atoms with Crippen LogP contribution in [-0.4, -0.2) is 24.5 Å². The molecule has 0 spiro atoms. The summed E-state index contributed by atoms with van der Waals surface area (Å²) in [7, 11) is 0. The molecule has 0 radical (unpaired) electrons. The molecule has 1 unspecified atom stereocenters. The quantitative estimate of drug-likeness (QED) is 0.412. The molecule has 1 aliphatic rings. The maximum Gasteiger partial charge on any atom is 0.0169 e. The molecule has 1 nitrogen and oxygen atoms in total. The summed E-state index contributed by atoms with van der Waals surface area (Å²) in [4.78, 5) is 2.57. The lowest BCUT2D eigenvalue weighted by atomic mass is 9.96. The lowest BCUT2D eigenvalue weighted by Gasteiger charge is -2.27. The molecule has 2 aromatic carbocycles. The smallest absolute Gasteiger partial charge is 0.0169 e. The molecule has 0 aliphatic carbocycles. The molecule has 31 heavy (non-hydrogen) atoms. The number of hydrogen-bond donors (Lipinski definition) is 0. The van der Waals surface area contributed by atoms with Crippen molar-refractivity contribution in [2.24, 2.45) is 0 Å². The van der Waals surface area contributed by atoms with Crippen LogP contribution in [0, 0.1) is 0 Å². The number of nitrogens with zero attached hydrogens (tertiary/aromatic N) is 1. The van der Waals surface area contributed by atoms with E-state index in [2.05, 4.69) is 73.9 Å². The molecule has 3 rings (SSSR count). The Labute approximate surface area is 191 Å². The molecule has 1 heteroatoms. The molecule has 166 valence electrons. The van der Waals surface area contributed by atoms with Crippen LogP contribution in [0.25, 0.3) is 0 Å². The van der Waals surface area contributed by atoms with Crippen LogP contribution >= 0.6 is 0 Å². The maximum absolute atomic E-state index is 3.70. The summed E-state index contributed by atoms with van der Waals surface area (Å²) in [6.07, 6.45) is 12.8. The van der Waals surface area contributed by atoms with Gasteiger partial charge in [0.2, 0.25) is 0 Å². The molecule has 1 aliphatic heterocycles. The topological polar surface area (TPSA) is 3.24 Å².